The zero-order chi connectivity index (χ0) is 32.4. The monoisotopic (exact) mass is 762 g/mol. The summed E-state index contributed by atoms with van der Waals surface area (Å²) in [7, 11) is 0. The van der Waals surface area contributed by atoms with E-state index in [4.69, 9.17) is 38.6 Å². The fraction of sp³-hybridized carbons (Fsp3) is 0.444. The van der Waals surface area contributed by atoms with Gasteiger partial charge in [0.05, 0.1) is 92.5 Å². The number of rotatable bonds is 23. The van der Waals surface area contributed by atoms with E-state index in [0.29, 0.717) is 79.3 Å². The van der Waals surface area contributed by atoms with Crippen molar-refractivity contribution >= 4 is 53.4 Å². The summed E-state index contributed by atoms with van der Waals surface area (Å²) in [6.45, 7) is 5.68. The van der Waals surface area contributed by atoms with Gasteiger partial charge in [-0.2, -0.15) is 0 Å². The smallest absolute Gasteiger partial charge is 0.0701 e. The number of halogens is 2. The molecule has 10 heteroatoms. The average molecular weight is 765 g/mol. The van der Waals surface area contributed by atoms with E-state index in [1.807, 2.05) is 0 Å². The molecule has 0 bridgehead atoms. The molecule has 8 nitrogen and oxygen atoms in total. The second kappa shape index (κ2) is 21.1. The molecule has 0 heterocycles. The zero-order valence-electron chi connectivity index (χ0n) is 26.2. The van der Waals surface area contributed by atoms with Crippen LogP contribution in [0.3, 0.4) is 0 Å². The van der Waals surface area contributed by atoms with E-state index in [1.54, 1.807) is 0 Å². The first-order valence-corrected chi connectivity index (χ1v) is 17.3. The van der Waals surface area contributed by atoms with E-state index in [-0.39, 0.29) is 13.2 Å². The Morgan fingerprint density at radius 2 is 0.761 bits per heavy atom. The molecule has 46 heavy (non-hydrogen) atoms. The van der Waals surface area contributed by atoms with Gasteiger partial charge in [0, 0.05) is 8.95 Å². The van der Waals surface area contributed by atoms with E-state index in [2.05, 4.69) is 92.5 Å². The predicted molar refractivity (Wildman–Crippen MR) is 189 cm³/mol. The quantitative estimate of drug-likeness (QED) is 0.0845. The summed E-state index contributed by atoms with van der Waals surface area (Å²) in [6.07, 6.45) is 1.51. The first kappa shape index (κ1) is 36.9. The van der Waals surface area contributed by atoms with Crippen LogP contribution < -0.4 is 0 Å². The largest absolute Gasteiger partial charge is 0.394 e. The highest BCUT2D eigenvalue weighted by molar-refractivity contribution is 9.10. The van der Waals surface area contributed by atoms with Crippen LogP contribution in [0, 0.1) is 0 Å². The number of hydrogen-bond donors (Lipinski definition) is 2. The maximum Gasteiger partial charge on any atom is 0.0701 e. The molecule has 250 valence electrons. The lowest BCUT2D eigenvalue weighted by atomic mass is 9.85. The molecule has 0 unspecified atom stereocenters. The number of hydrogen-bond acceptors (Lipinski definition) is 8. The van der Waals surface area contributed by atoms with Crippen molar-refractivity contribution in [1.29, 1.82) is 0 Å². The van der Waals surface area contributed by atoms with Gasteiger partial charge in [-0.25, -0.2) is 0 Å². The van der Waals surface area contributed by atoms with Crippen LogP contribution in [-0.2, 0) is 41.3 Å². The molecule has 0 spiro atoms. The van der Waals surface area contributed by atoms with Gasteiger partial charge < -0.3 is 38.6 Å². The standard InChI is InChI=1S/C36H44Br2O8/c37-31-5-7-33-29(25-31)3-1-27(9-13-41-17-21-45-23-19-43-15-11-39)35(33)36-28(2-4-30-26-32(38)6-8-34(30)36)10-14-42-18-22-46-24-20-44-16-12-40/h1-8,25-26,39-40H,9-24H2. The van der Waals surface area contributed by atoms with Crippen LogP contribution in [0.15, 0.2) is 69.6 Å². The van der Waals surface area contributed by atoms with Gasteiger partial charge >= 0.3 is 0 Å². The molecule has 0 radical (unpaired) electrons. The summed E-state index contributed by atoms with van der Waals surface area (Å²) in [5.41, 5.74) is 4.89. The summed E-state index contributed by atoms with van der Waals surface area (Å²) in [4.78, 5) is 0. The minimum Gasteiger partial charge on any atom is -0.394 e. The molecule has 0 aliphatic carbocycles. The third-order valence-electron chi connectivity index (χ3n) is 7.38. The van der Waals surface area contributed by atoms with Gasteiger partial charge in [0.15, 0.2) is 0 Å². The van der Waals surface area contributed by atoms with Crippen molar-refractivity contribution in [1.82, 2.24) is 0 Å². The minimum absolute atomic E-state index is 0.0163. The molecule has 4 aromatic carbocycles. The fourth-order valence-electron chi connectivity index (χ4n) is 5.28. The van der Waals surface area contributed by atoms with Crippen LogP contribution in [0.5, 0.6) is 0 Å². The van der Waals surface area contributed by atoms with E-state index in [1.165, 1.54) is 43.8 Å². The second-order valence-corrected chi connectivity index (χ2v) is 12.4. The molecule has 0 saturated carbocycles. The van der Waals surface area contributed by atoms with Crippen LogP contribution in [-0.4, -0.2) is 103 Å². The molecule has 0 atom stereocenters. The SMILES string of the molecule is OCCOCCOCCOCCc1ccc2cc(Br)ccc2c1-c1c(CCOCCOCCOCCO)ccc2cc(Br)ccc12. The highest BCUT2D eigenvalue weighted by Crippen LogP contribution is 2.41. The van der Waals surface area contributed by atoms with Crippen LogP contribution in [0.25, 0.3) is 32.7 Å². The van der Waals surface area contributed by atoms with Crippen molar-refractivity contribution in [3.05, 3.63) is 80.7 Å². The fourth-order valence-corrected chi connectivity index (χ4v) is 6.03. The van der Waals surface area contributed by atoms with Gasteiger partial charge in [-0.1, -0.05) is 68.3 Å². The van der Waals surface area contributed by atoms with E-state index in [0.717, 1.165) is 21.8 Å². The van der Waals surface area contributed by atoms with Gasteiger partial charge in [-0.05, 0) is 80.9 Å². The summed E-state index contributed by atoms with van der Waals surface area (Å²) < 4.78 is 35.7. The lowest BCUT2D eigenvalue weighted by Crippen LogP contribution is -2.12. The van der Waals surface area contributed by atoms with Crippen molar-refractivity contribution in [2.75, 3.05) is 92.5 Å². The van der Waals surface area contributed by atoms with Crippen molar-refractivity contribution in [3.8, 4) is 11.1 Å². The molecule has 4 rings (SSSR count). The Labute approximate surface area is 288 Å². The molecule has 0 amide bonds. The maximum absolute atomic E-state index is 8.79. The second-order valence-electron chi connectivity index (χ2n) is 10.6. The van der Waals surface area contributed by atoms with Gasteiger partial charge in [-0.15, -0.1) is 0 Å². The number of fused-ring (bicyclic) bond motifs is 2. The molecular weight excluding hydrogens is 720 g/mol. The first-order chi connectivity index (χ1) is 22.6. The van der Waals surface area contributed by atoms with E-state index >= 15 is 0 Å². The Kier molecular flexibility index (Phi) is 16.9. The first-order valence-electron chi connectivity index (χ1n) is 15.7. The van der Waals surface area contributed by atoms with Gasteiger partial charge in [0.1, 0.15) is 0 Å². The van der Waals surface area contributed by atoms with Crippen LogP contribution in [0.4, 0.5) is 0 Å². The van der Waals surface area contributed by atoms with Crippen LogP contribution >= 0.6 is 31.9 Å². The Balaban J connectivity index is 1.51. The van der Waals surface area contributed by atoms with Crippen molar-refractivity contribution in [2.45, 2.75) is 12.8 Å². The molecule has 0 aliphatic heterocycles. The number of aliphatic hydroxyl groups is 2. The van der Waals surface area contributed by atoms with Crippen molar-refractivity contribution in [3.63, 3.8) is 0 Å². The Hall–Kier alpha value is -1.96. The van der Waals surface area contributed by atoms with Crippen LogP contribution in [0.1, 0.15) is 11.1 Å². The number of ether oxygens (including phenoxy) is 6. The lowest BCUT2D eigenvalue weighted by molar-refractivity contribution is 0.00815. The summed E-state index contributed by atoms with van der Waals surface area (Å²) in [6, 6.07) is 21.8. The molecular formula is C36H44Br2O8. The zero-order valence-corrected chi connectivity index (χ0v) is 29.4. The molecule has 4 aromatic rings. The summed E-state index contributed by atoms with van der Waals surface area (Å²) in [5.74, 6) is 0. The normalized spacial score (nSPS) is 11.7. The average Bonchev–Trinajstić information content (AvgIpc) is 3.06. The van der Waals surface area contributed by atoms with Gasteiger partial charge in [-0.3, -0.25) is 0 Å². The van der Waals surface area contributed by atoms with E-state index in [9.17, 15) is 0 Å². The molecule has 2 N–H and O–H groups in total. The highest BCUT2D eigenvalue weighted by Gasteiger charge is 2.18. The van der Waals surface area contributed by atoms with Crippen molar-refractivity contribution in [2.24, 2.45) is 0 Å². The third kappa shape index (κ3) is 11.6. The highest BCUT2D eigenvalue weighted by atomic mass is 79.9. The lowest BCUT2D eigenvalue weighted by Gasteiger charge is -2.20. The van der Waals surface area contributed by atoms with Gasteiger partial charge in [0.2, 0.25) is 0 Å². The minimum atomic E-state index is 0.0163. The van der Waals surface area contributed by atoms with Crippen LogP contribution in [0.2, 0.25) is 0 Å². The van der Waals surface area contributed by atoms with Gasteiger partial charge in [0.25, 0.3) is 0 Å². The molecule has 0 fully saturated rings. The number of benzene rings is 4. The molecule has 0 aromatic heterocycles. The molecule has 0 aliphatic rings. The summed E-state index contributed by atoms with van der Waals surface area (Å²) >= 11 is 7.32. The third-order valence-corrected chi connectivity index (χ3v) is 8.36. The predicted octanol–water partition coefficient (Wildman–Crippen LogP) is 6.35. The Morgan fingerprint density at radius 3 is 1.13 bits per heavy atom. The Morgan fingerprint density at radius 1 is 0.413 bits per heavy atom. The van der Waals surface area contributed by atoms with E-state index < -0.39 is 0 Å². The molecule has 0 saturated heterocycles. The topological polar surface area (TPSA) is 95.8 Å². The summed E-state index contributed by atoms with van der Waals surface area (Å²) in [5, 5.41) is 22.3. The Bertz CT molecular complexity index is 1370. The van der Waals surface area contributed by atoms with Crippen molar-refractivity contribution < 1.29 is 38.6 Å². The number of aliphatic hydroxyl groups excluding tert-OH is 2. The maximum atomic E-state index is 8.79.